The highest BCUT2D eigenvalue weighted by molar-refractivity contribution is 5.93. The van der Waals surface area contributed by atoms with Gasteiger partial charge < -0.3 is 15.3 Å². The van der Waals surface area contributed by atoms with Crippen LogP contribution in [0.1, 0.15) is 28.9 Å². The van der Waals surface area contributed by atoms with E-state index < -0.39 is 0 Å². The van der Waals surface area contributed by atoms with Crippen molar-refractivity contribution < 1.29 is 18.7 Å². The standard InChI is InChI=1S/C22H22F2N4O2/c23-16-4-2-15(3-5-16)19-12-20(27-26-19)22(30)25-13-14-1-6-21(18(24)11-14)28-9-7-17(29)8-10-28/h1-6,11-12,17,29H,7-10,13H2,(H,25,30)(H,26,27). The summed E-state index contributed by atoms with van der Waals surface area (Å²) in [6, 6.07) is 12.3. The van der Waals surface area contributed by atoms with Gasteiger partial charge in [0.25, 0.3) is 5.91 Å². The second kappa shape index (κ2) is 8.62. The molecule has 3 N–H and O–H groups in total. The van der Waals surface area contributed by atoms with Crippen LogP contribution in [0.3, 0.4) is 0 Å². The average molecular weight is 412 g/mol. The van der Waals surface area contributed by atoms with E-state index in [0.717, 1.165) is 0 Å². The zero-order valence-electron chi connectivity index (χ0n) is 16.2. The quantitative estimate of drug-likeness (QED) is 0.601. The van der Waals surface area contributed by atoms with Gasteiger partial charge in [-0.15, -0.1) is 0 Å². The lowest BCUT2D eigenvalue weighted by atomic mass is 10.1. The molecule has 1 amide bonds. The van der Waals surface area contributed by atoms with E-state index in [1.54, 1.807) is 30.3 Å². The van der Waals surface area contributed by atoms with E-state index in [0.29, 0.717) is 48.4 Å². The van der Waals surface area contributed by atoms with E-state index in [2.05, 4.69) is 15.5 Å². The highest BCUT2D eigenvalue weighted by Gasteiger charge is 2.20. The number of rotatable bonds is 5. The molecule has 8 heteroatoms. The number of aliphatic hydroxyl groups is 1. The van der Waals surface area contributed by atoms with Crippen molar-refractivity contribution in [3.05, 3.63) is 71.4 Å². The highest BCUT2D eigenvalue weighted by atomic mass is 19.1. The Morgan fingerprint density at radius 1 is 1.13 bits per heavy atom. The maximum atomic E-state index is 14.5. The Morgan fingerprint density at radius 3 is 2.57 bits per heavy atom. The fourth-order valence-electron chi connectivity index (χ4n) is 3.51. The SMILES string of the molecule is O=C(NCc1ccc(N2CCC(O)CC2)c(F)c1)c1cc(-c2ccc(F)cc2)n[nH]1. The minimum absolute atomic E-state index is 0.166. The first-order valence-electron chi connectivity index (χ1n) is 9.80. The van der Waals surface area contributed by atoms with Gasteiger partial charge in [0.2, 0.25) is 0 Å². The van der Waals surface area contributed by atoms with Gasteiger partial charge >= 0.3 is 0 Å². The molecule has 0 bridgehead atoms. The molecular weight excluding hydrogens is 390 g/mol. The van der Waals surface area contributed by atoms with Crippen molar-refractivity contribution in [1.82, 2.24) is 15.5 Å². The van der Waals surface area contributed by atoms with Crippen LogP contribution in [0.2, 0.25) is 0 Å². The van der Waals surface area contributed by atoms with E-state index >= 15 is 0 Å². The van der Waals surface area contributed by atoms with Crippen LogP contribution in [0, 0.1) is 11.6 Å². The summed E-state index contributed by atoms with van der Waals surface area (Å²) in [7, 11) is 0. The molecule has 4 rings (SSSR count). The van der Waals surface area contributed by atoms with Crippen LogP contribution >= 0.6 is 0 Å². The Hall–Kier alpha value is -3.26. The van der Waals surface area contributed by atoms with Crippen molar-refractivity contribution in [2.45, 2.75) is 25.5 Å². The number of carbonyl (C=O) groups excluding carboxylic acids is 1. The third-order valence-corrected chi connectivity index (χ3v) is 5.23. The fraction of sp³-hybridized carbons (Fsp3) is 0.273. The van der Waals surface area contributed by atoms with Crippen LogP contribution in [-0.4, -0.2) is 40.4 Å². The minimum atomic E-state index is -0.370. The van der Waals surface area contributed by atoms with Gasteiger partial charge in [-0.2, -0.15) is 5.10 Å². The predicted molar refractivity (Wildman–Crippen MR) is 109 cm³/mol. The molecule has 0 saturated carbocycles. The van der Waals surface area contributed by atoms with Crippen molar-refractivity contribution in [3.8, 4) is 11.3 Å². The molecule has 1 aliphatic rings. The summed E-state index contributed by atoms with van der Waals surface area (Å²) in [5.74, 6) is -1.06. The smallest absolute Gasteiger partial charge is 0.269 e. The first kappa shape index (κ1) is 20.0. The summed E-state index contributed by atoms with van der Waals surface area (Å²) in [4.78, 5) is 14.3. The summed E-state index contributed by atoms with van der Waals surface area (Å²) in [5, 5.41) is 19.1. The van der Waals surface area contributed by atoms with Crippen LogP contribution < -0.4 is 10.2 Å². The molecule has 2 aromatic carbocycles. The third-order valence-electron chi connectivity index (χ3n) is 5.23. The number of carbonyl (C=O) groups is 1. The second-order valence-electron chi connectivity index (χ2n) is 7.36. The number of aliphatic hydroxyl groups excluding tert-OH is 1. The number of hydrogen-bond acceptors (Lipinski definition) is 4. The summed E-state index contributed by atoms with van der Waals surface area (Å²) < 4.78 is 27.6. The molecule has 0 spiro atoms. The molecule has 2 heterocycles. The van der Waals surface area contributed by atoms with Crippen molar-refractivity contribution in [1.29, 1.82) is 0 Å². The Balaban J connectivity index is 1.37. The third kappa shape index (κ3) is 4.49. The molecule has 0 aliphatic carbocycles. The number of hydrogen-bond donors (Lipinski definition) is 3. The lowest BCUT2D eigenvalue weighted by molar-refractivity contribution is 0.0946. The molecule has 1 saturated heterocycles. The van der Waals surface area contributed by atoms with Crippen molar-refractivity contribution >= 4 is 11.6 Å². The van der Waals surface area contributed by atoms with E-state index in [-0.39, 0.29) is 35.9 Å². The van der Waals surface area contributed by atoms with Gasteiger partial charge in [-0.1, -0.05) is 6.07 Å². The molecule has 1 fully saturated rings. The minimum Gasteiger partial charge on any atom is -0.393 e. The zero-order chi connectivity index (χ0) is 21.1. The predicted octanol–water partition coefficient (Wildman–Crippen LogP) is 3.25. The molecule has 1 aromatic heterocycles. The van der Waals surface area contributed by atoms with Crippen LogP contribution in [-0.2, 0) is 6.54 Å². The molecule has 6 nitrogen and oxygen atoms in total. The van der Waals surface area contributed by atoms with Gasteiger partial charge in [-0.05, 0) is 60.9 Å². The van der Waals surface area contributed by atoms with Crippen molar-refractivity contribution in [2.75, 3.05) is 18.0 Å². The Labute approximate surface area is 172 Å². The number of anilines is 1. The number of H-pyrrole nitrogens is 1. The molecule has 30 heavy (non-hydrogen) atoms. The summed E-state index contributed by atoms with van der Waals surface area (Å²) in [6.07, 6.45) is 0.938. The summed E-state index contributed by atoms with van der Waals surface area (Å²) >= 11 is 0. The maximum Gasteiger partial charge on any atom is 0.269 e. The number of nitrogens with one attached hydrogen (secondary N) is 2. The largest absolute Gasteiger partial charge is 0.393 e. The average Bonchev–Trinajstić information content (AvgIpc) is 3.24. The maximum absolute atomic E-state index is 14.5. The molecular formula is C22H22F2N4O2. The topological polar surface area (TPSA) is 81.2 Å². The lowest BCUT2D eigenvalue weighted by Gasteiger charge is -2.31. The Morgan fingerprint density at radius 2 is 1.87 bits per heavy atom. The number of nitrogens with zero attached hydrogens (tertiary/aromatic N) is 2. The summed E-state index contributed by atoms with van der Waals surface area (Å²) in [6.45, 7) is 1.40. The summed E-state index contributed by atoms with van der Waals surface area (Å²) in [5.41, 5.74) is 2.63. The molecule has 1 aliphatic heterocycles. The van der Waals surface area contributed by atoms with Crippen molar-refractivity contribution in [2.24, 2.45) is 0 Å². The van der Waals surface area contributed by atoms with Crippen LogP contribution in [0.4, 0.5) is 14.5 Å². The van der Waals surface area contributed by atoms with Gasteiger partial charge in [0.1, 0.15) is 17.3 Å². The van der Waals surface area contributed by atoms with E-state index in [1.807, 2.05) is 4.90 Å². The molecule has 0 atom stereocenters. The van der Waals surface area contributed by atoms with Crippen molar-refractivity contribution in [3.63, 3.8) is 0 Å². The lowest BCUT2D eigenvalue weighted by Crippen LogP contribution is -2.36. The Bertz CT molecular complexity index is 1030. The highest BCUT2D eigenvalue weighted by Crippen LogP contribution is 2.24. The number of benzene rings is 2. The van der Waals surface area contributed by atoms with Crippen LogP contribution in [0.5, 0.6) is 0 Å². The van der Waals surface area contributed by atoms with Crippen LogP contribution in [0.15, 0.2) is 48.5 Å². The fourth-order valence-corrected chi connectivity index (χ4v) is 3.51. The number of aromatic nitrogens is 2. The second-order valence-corrected chi connectivity index (χ2v) is 7.36. The van der Waals surface area contributed by atoms with Gasteiger partial charge in [-0.3, -0.25) is 9.89 Å². The zero-order valence-corrected chi connectivity index (χ0v) is 16.2. The van der Waals surface area contributed by atoms with Gasteiger partial charge in [-0.25, -0.2) is 8.78 Å². The van der Waals surface area contributed by atoms with E-state index in [1.165, 1.54) is 18.2 Å². The normalized spacial score (nSPS) is 14.7. The number of piperidine rings is 1. The Kier molecular flexibility index (Phi) is 5.76. The van der Waals surface area contributed by atoms with Gasteiger partial charge in [0.15, 0.2) is 0 Å². The first-order valence-corrected chi connectivity index (χ1v) is 9.80. The first-order chi connectivity index (χ1) is 14.5. The van der Waals surface area contributed by atoms with E-state index in [9.17, 15) is 18.7 Å². The van der Waals surface area contributed by atoms with Gasteiger partial charge in [0.05, 0.1) is 17.5 Å². The van der Waals surface area contributed by atoms with Crippen LogP contribution in [0.25, 0.3) is 11.3 Å². The van der Waals surface area contributed by atoms with E-state index in [4.69, 9.17) is 0 Å². The molecule has 0 radical (unpaired) electrons. The molecule has 3 aromatic rings. The number of amides is 1. The molecule has 0 unspecified atom stereocenters. The van der Waals surface area contributed by atoms with Gasteiger partial charge in [0, 0.05) is 25.2 Å². The number of aromatic amines is 1. The monoisotopic (exact) mass is 412 g/mol. The molecule has 156 valence electrons. The number of halogens is 2.